The van der Waals surface area contributed by atoms with Gasteiger partial charge in [-0.15, -0.1) is 0 Å². The molecule has 0 aliphatic rings. The smallest absolute Gasteiger partial charge is 0.337 e. The molecule has 1 N–H and O–H groups in total. The maximum absolute atomic E-state index is 12.9. The number of ether oxygens (including phenoxy) is 2. The van der Waals surface area contributed by atoms with Gasteiger partial charge < -0.3 is 14.0 Å². The van der Waals surface area contributed by atoms with Crippen LogP contribution in [-0.2, 0) is 39.9 Å². The van der Waals surface area contributed by atoms with E-state index in [0.29, 0.717) is 42.3 Å². The Balaban J connectivity index is 1.41. The normalized spacial score (nSPS) is 11.5. The second kappa shape index (κ2) is 13.9. The van der Waals surface area contributed by atoms with E-state index < -0.39 is 16.0 Å². The zero-order valence-electron chi connectivity index (χ0n) is 23.8. The van der Waals surface area contributed by atoms with Gasteiger partial charge in [0.25, 0.3) is 0 Å². The maximum atomic E-state index is 12.9. The average Bonchev–Trinajstić information content (AvgIpc) is 3.28. The molecule has 222 valence electrons. The number of aromatic nitrogens is 1. The summed E-state index contributed by atoms with van der Waals surface area (Å²) >= 11 is 6.47. The van der Waals surface area contributed by atoms with Crippen LogP contribution in [0.2, 0.25) is 5.02 Å². The van der Waals surface area contributed by atoms with E-state index in [1.165, 1.54) is 7.11 Å². The van der Waals surface area contributed by atoms with Crippen molar-refractivity contribution >= 4 is 38.5 Å². The molecule has 0 radical (unpaired) electrons. The number of fused-ring (bicyclic) bond motifs is 1. The minimum Gasteiger partial charge on any atom is -0.493 e. The molecule has 0 amide bonds. The predicted octanol–water partition coefficient (Wildman–Crippen LogP) is 6.41. The van der Waals surface area contributed by atoms with Crippen molar-refractivity contribution < 1.29 is 22.7 Å². The van der Waals surface area contributed by atoms with Crippen LogP contribution in [0, 0.1) is 0 Å². The number of halogens is 1. The van der Waals surface area contributed by atoms with Gasteiger partial charge >= 0.3 is 5.97 Å². The van der Waals surface area contributed by atoms with Gasteiger partial charge in [-0.05, 0) is 59.2 Å². The Morgan fingerprint density at radius 1 is 0.860 bits per heavy atom. The van der Waals surface area contributed by atoms with Crippen LogP contribution in [0.3, 0.4) is 0 Å². The first-order valence-corrected chi connectivity index (χ1v) is 16.0. The van der Waals surface area contributed by atoms with Gasteiger partial charge in [0.2, 0.25) is 10.0 Å². The van der Waals surface area contributed by atoms with Crippen LogP contribution < -0.4 is 9.46 Å². The number of hydrogen-bond donors (Lipinski definition) is 1. The number of hydrogen-bond acceptors (Lipinski definition) is 5. The van der Waals surface area contributed by atoms with Gasteiger partial charge in [-0.1, -0.05) is 72.3 Å². The summed E-state index contributed by atoms with van der Waals surface area (Å²) in [6, 6.07) is 32.0. The molecule has 0 unspecified atom stereocenters. The number of nitrogens with one attached hydrogen (secondary N) is 1. The lowest BCUT2D eigenvalue weighted by Gasteiger charge is -2.14. The van der Waals surface area contributed by atoms with Crippen LogP contribution in [0.4, 0.5) is 0 Å². The van der Waals surface area contributed by atoms with E-state index in [4.69, 9.17) is 21.1 Å². The third-order valence-electron chi connectivity index (χ3n) is 7.21. The summed E-state index contributed by atoms with van der Waals surface area (Å²) in [5, 5.41) is 1.63. The van der Waals surface area contributed by atoms with Gasteiger partial charge in [0.1, 0.15) is 5.75 Å². The molecule has 1 heterocycles. The summed E-state index contributed by atoms with van der Waals surface area (Å²) < 4.78 is 41.7. The molecule has 0 spiro atoms. The van der Waals surface area contributed by atoms with Gasteiger partial charge in [-0.2, -0.15) is 0 Å². The Hall–Kier alpha value is -4.11. The number of esters is 1. The Labute approximate surface area is 257 Å². The van der Waals surface area contributed by atoms with Gasteiger partial charge in [0, 0.05) is 47.6 Å². The topological polar surface area (TPSA) is 86.6 Å². The number of methoxy groups -OCH3 is 1. The van der Waals surface area contributed by atoms with E-state index in [1.54, 1.807) is 24.3 Å². The molecule has 0 bridgehead atoms. The third kappa shape index (κ3) is 7.84. The third-order valence-corrected chi connectivity index (χ3v) is 8.80. The lowest BCUT2D eigenvalue weighted by molar-refractivity contribution is 0.0600. The molecule has 43 heavy (non-hydrogen) atoms. The number of benzene rings is 4. The molecule has 0 aliphatic carbocycles. The lowest BCUT2D eigenvalue weighted by atomic mass is 10.1. The fourth-order valence-electron chi connectivity index (χ4n) is 5.21. The van der Waals surface area contributed by atoms with Gasteiger partial charge in [0.05, 0.1) is 25.0 Å². The molecule has 0 fully saturated rings. The number of carbonyl (C=O) groups is 1. The first-order valence-electron chi connectivity index (χ1n) is 14.0. The molecule has 5 aromatic rings. The van der Waals surface area contributed by atoms with Crippen molar-refractivity contribution in [3.8, 4) is 5.75 Å². The van der Waals surface area contributed by atoms with Crippen molar-refractivity contribution in [3.05, 3.63) is 136 Å². The highest BCUT2D eigenvalue weighted by Gasteiger charge is 2.19. The SMILES string of the molecule is COC(=O)c1ccc(OCCc2c(CCNS(=O)(=O)Cc3ccccc3)n(Cc3ccccc3)c3ccc(Cl)cc23)cc1. The van der Waals surface area contributed by atoms with E-state index in [9.17, 15) is 13.2 Å². The summed E-state index contributed by atoms with van der Waals surface area (Å²) in [4.78, 5) is 11.8. The van der Waals surface area contributed by atoms with Crippen LogP contribution >= 0.6 is 11.6 Å². The molecule has 0 aliphatic heterocycles. The fourth-order valence-corrected chi connectivity index (χ4v) is 6.52. The predicted molar refractivity (Wildman–Crippen MR) is 170 cm³/mol. The zero-order valence-corrected chi connectivity index (χ0v) is 25.4. The van der Waals surface area contributed by atoms with Crippen LogP contribution in [0.15, 0.2) is 103 Å². The van der Waals surface area contributed by atoms with Gasteiger partial charge in [-0.25, -0.2) is 17.9 Å². The van der Waals surface area contributed by atoms with E-state index in [0.717, 1.165) is 33.3 Å². The summed E-state index contributed by atoms with van der Waals surface area (Å²) in [5.74, 6) is 0.152. The van der Waals surface area contributed by atoms with Crippen LogP contribution in [-0.4, -0.2) is 39.2 Å². The molecule has 9 heteroatoms. The molecule has 7 nitrogen and oxygen atoms in total. The van der Waals surface area contributed by atoms with Crippen molar-refractivity contribution in [3.63, 3.8) is 0 Å². The molecular formula is C34H33ClN2O5S. The molecule has 0 atom stereocenters. The minimum atomic E-state index is -3.53. The summed E-state index contributed by atoms with van der Waals surface area (Å²) in [6.45, 7) is 1.25. The van der Waals surface area contributed by atoms with Crippen molar-refractivity contribution in [1.29, 1.82) is 0 Å². The molecule has 0 saturated carbocycles. The standard InChI is InChI=1S/C34H33ClN2O5S/c1-41-34(38)27-12-15-29(16-13-27)42-21-19-30-31-22-28(35)14-17-32(31)37(23-25-8-4-2-5-9-25)33(30)18-20-36-43(39,40)24-26-10-6-3-7-11-26/h2-17,22,36H,18-21,23-24H2,1H3. The average molecular weight is 617 g/mol. The maximum Gasteiger partial charge on any atom is 0.337 e. The van der Waals surface area contributed by atoms with Crippen molar-refractivity contribution in [2.75, 3.05) is 20.3 Å². The van der Waals surface area contributed by atoms with Gasteiger partial charge in [0.15, 0.2) is 0 Å². The molecule has 4 aromatic carbocycles. The highest BCUT2D eigenvalue weighted by molar-refractivity contribution is 7.88. The lowest BCUT2D eigenvalue weighted by Crippen LogP contribution is -2.28. The Bertz CT molecular complexity index is 1790. The summed E-state index contributed by atoms with van der Waals surface area (Å²) in [6.07, 6.45) is 1.06. The van der Waals surface area contributed by atoms with Crippen molar-refractivity contribution in [1.82, 2.24) is 9.29 Å². The summed E-state index contributed by atoms with van der Waals surface area (Å²) in [5.41, 5.74) is 5.42. The van der Waals surface area contributed by atoms with E-state index in [2.05, 4.69) is 21.4 Å². The number of sulfonamides is 1. The fraction of sp³-hybridized carbons (Fsp3) is 0.206. The Kier molecular flexibility index (Phi) is 9.82. The molecule has 0 saturated heterocycles. The highest BCUT2D eigenvalue weighted by Crippen LogP contribution is 2.31. The van der Waals surface area contributed by atoms with Crippen molar-refractivity contribution in [2.45, 2.75) is 25.1 Å². The second-order valence-corrected chi connectivity index (χ2v) is 12.4. The zero-order chi connectivity index (χ0) is 30.2. The highest BCUT2D eigenvalue weighted by atomic mass is 35.5. The van der Waals surface area contributed by atoms with Crippen LogP contribution in [0.25, 0.3) is 10.9 Å². The van der Waals surface area contributed by atoms with Gasteiger partial charge in [-0.3, -0.25) is 0 Å². The molecule has 5 rings (SSSR count). The Morgan fingerprint density at radius 2 is 1.53 bits per heavy atom. The van der Waals surface area contributed by atoms with Crippen LogP contribution in [0.5, 0.6) is 5.75 Å². The first kappa shape index (κ1) is 30.4. The first-order chi connectivity index (χ1) is 20.8. The van der Waals surface area contributed by atoms with Crippen molar-refractivity contribution in [2.24, 2.45) is 0 Å². The monoisotopic (exact) mass is 616 g/mol. The quantitative estimate of drug-likeness (QED) is 0.154. The summed E-state index contributed by atoms with van der Waals surface area (Å²) in [7, 11) is -2.18. The Morgan fingerprint density at radius 3 is 2.21 bits per heavy atom. The number of nitrogens with zero attached hydrogens (tertiary/aromatic N) is 1. The number of carbonyl (C=O) groups excluding carboxylic acids is 1. The molecular weight excluding hydrogens is 584 g/mol. The molecule has 1 aromatic heterocycles. The van der Waals surface area contributed by atoms with Crippen LogP contribution in [0.1, 0.15) is 32.7 Å². The second-order valence-electron chi connectivity index (χ2n) is 10.2. The number of rotatable bonds is 13. The van der Waals surface area contributed by atoms with E-state index in [-0.39, 0.29) is 12.3 Å². The van der Waals surface area contributed by atoms with E-state index >= 15 is 0 Å². The largest absolute Gasteiger partial charge is 0.493 e. The van der Waals surface area contributed by atoms with E-state index in [1.807, 2.05) is 66.7 Å². The minimum absolute atomic E-state index is 0.0775.